The predicted octanol–water partition coefficient (Wildman–Crippen LogP) is 3.26. The zero-order chi connectivity index (χ0) is 18.7. The molecule has 1 heterocycles. The van der Waals surface area contributed by atoms with Gasteiger partial charge in [0, 0.05) is 11.4 Å². The van der Waals surface area contributed by atoms with Crippen LogP contribution in [0.1, 0.15) is 10.4 Å². The molecule has 0 aliphatic rings. The second kappa shape index (κ2) is 7.14. The van der Waals surface area contributed by atoms with E-state index < -0.39 is 26.8 Å². The van der Waals surface area contributed by atoms with Gasteiger partial charge in [0.1, 0.15) is 5.82 Å². The predicted molar refractivity (Wildman–Crippen MR) is 95.2 cm³/mol. The Labute approximate surface area is 153 Å². The van der Waals surface area contributed by atoms with Crippen molar-refractivity contribution < 1.29 is 17.6 Å². The minimum absolute atomic E-state index is 0.173. The lowest BCUT2D eigenvalue weighted by Crippen LogP contribution is -2.19. The number of nitrogens with zero attached hydrogens (tertiary/aromatic N) is 1. The molecule has 3 aromatic rings. The fourth-order valence-corrected chi connectivity index (χ4v) is 3.46. The summed E-state index contributed by atoms with van der Waals surface area (Å²) in [6, 6.07) is 11.8. The van der Waals surface area contributed by atoms with E-state index in [0.29, 0.717) is 5.69 Å². The fraction of sp³-hybridized carbons (Fsp3) is 0. The van der Waals surface area contributed by atoms with E-state index in [1.807, 2.05) is 0 Å². The van der Waals surface area contributed by atoms with Crippen molar-refractivity contribution in [3.63, 3.8) is 0 Å². The zero-order valence-corrected chi connectivity index (χ0v) is 14.6. The number of aromatic nitrogens is 2. The summed E-state index contributed by atoms with van der Waals surface area (Å²) >= 11 is 5.67. The Morgan fingerprint density at radius 3 is 2.54 bits per heavy atom. The number of halogens is 2. The van der Waals surface area contributed by atoms with Gasteiger partial charge in [-0.1, -0.05) is 29.8 Å². The number of carbonyl (C=O) groups is 1. The van der Waals surface area contributed by atoms with E-state index in [0.717, 1.165) is 12.3 Å². The summed E-state index contributed by atoms with van der Waals surface area (Å²) in [5.41, 5.74) is 0.342. The molecule has 3 rings (SSSR count). The van der Waals surface area contributed by atoms with Gasteiger partial charge in [-0.2, -0.15) is 13.5 Å². The Hall–Kier alpha value is -2.91. The number of sulfonamides is 1. The molecule has 1 aromatic heterocycles. The van der Waals surface area contributed by atoms with E-state index >= 15 is 0 Å². The summed E-state index contributed by atoms with van der Waals surface area (Å²) in [5.74, 6) is -1.38. The number of para-hydroxylation sites is 1. The van der Waals surface area contributed by atoms with Gasteiger partial charge < -0.3 is 5.32 Å². The fourth-order valence-electron chi connectivity index (χ4n) is 2.13. The molecule has 0 aliphatic carbocycles. The number of H-pyrrole nitrogens is 1. The molecular formula is C16H12ClFN4O3S. The van der Waals surface area contributed by atoms with Gasteiger partial charge in [0.05, 0.1) is 16.8 Å². The number of amides is 1. The Morgan fingerprint density at radius 2 is 1.85 bits per heavy atom. The maximum atomic E-state index is 13.2. The first-order valence-electron chi connectivity index (χ1n) is 7.24. The Balaban J connectivity index is 1.85. The lowest BCUT2D eigenvalue weighted by Gasteiger charge is -2.09. The van der Waals surface area contributed by atoms with Gasteiger partial charge in [-0.25, -0.2) is 4.39 Å². The standard InChI is InChI=1S/C16H12ClFN4O3S/c17-13-8-11(6-7-14(13)18)20-15(23)12-9-19-21-16(12)26(24,25)22-10-4-2-1-3-5-10/h1-9,22H,(H,19,21)(H,20,23). The molecule has 26 heavy (non-hydrogen) atoms. The molecule has 1 amide bonds. The third kappa shape index (κ3) is 3.84. The first kappa shape index (κ1) is 17.9. The molecule has 0 aliphatic heterocycles. The molecule has 134 valence electrons. The first-order valence-corrected chi connectivity index (χ1v) is 9.10. The van der Waals surface area contributed by atoms with Crippen molar-refractivity contribution >= 4 is 38.9 Å². The number of benzene rings is 2. The third-order valence-electron chi connectivity index (χ3n) is 3.32. The van der Waals surface area contributed by atoms with Crippen molar-refractivity contribution in [3.8, 4) is 0 Å². The van der Waals surface area contributed by atoms with Gasteiger partial charge in [0.2, 0.25) is 0 Å². The van der Waals surface area contributed by atoms with Crippen LogP contribution in [0.3, 0.4) is 0 Å². The SMILES string of the molecule is O=C(Nc1ccc(F)c(Cl)c1)c1cn[nH]c1S(=O)(=O)Nc1ccccc1. The van der Waals surface area contributed by atoms with Crippen molar-refractivity contribution in [1.29, 1.82) is 0 Å². The quantitative estimate of drug-likeness (QED) is 0.617. The number of nitrogens with one attached hydrogen (secondary N) is 3. The van der Waals surface area contributed by atoms with Crippen molar-refractivity contribution in [2.75, 3.05) is 10.0 Å². The smallest absolute Gasteiger partial charge is 0.279 e. The van der Waals surface area contributed by atoms with Crippen LogP contribution in [0.4, 0.5) is 15.8 Å². The van der Waals surface area contributed by atoms with Crippen LogP contribution in [-0.2, 0) is 10.0 Å². The van der Waals surface area contributed by atoms with E-state index in [1.54, 1.807) is 30.3 Å². The molecule has 0 bridgehead atoms. The molecule has 0 spiro atoms. The minimum atomic E-state index is -4.07. The van der Waals surface area contributed by atoms with Crippen molar-refractivity contribution in [2.45, 2.75) is 5.03 Å². The molecule has 0 radical (unpaired) electrons. The Morgan fingerprint density at radius 1 is 1.12 bits per heavy atom. The van der Waals surface area contributed by atoms with Crippen molar-refractivity contribution in [3.05, 3.63) is 71.1 Å². The third-order valence-corrected chi connectivity index (χ3v) is 4.96. The summed E-state index contributed by atoms with van der Waals surface area (Å²) in [4.78, 5) is 12.4. The summed E-state index contributed by atoms with van der Waals surface area (Å²) in [6.07, 6.45) is 1.08. The molecule has 3 N–H and O–H groups in total. The molecule has 10 heteroatoms. The van der Waals surface area contributed by atoms with E-state index in [-0.39, 0.29) is 16.3 Å². The van der Waals surface area contributed by atoms with Crippen molar-refractivity contribution in [1.82, 2.24) is 10.2 Å². The molecule has 7 nitrogen and oxygen atoms in total. The number of aromatic amines is 1. The molecule has 2 aromatic carbocycles. The van der Waals surface area contributed by atoms with Gasteiger partial charge in [-0.3, -0.25) is 14.6 Å². The van der Waals surface area contributed by atoms with E-state index in [1.165, 1.54) is 12.1 Å². The molecule has 0 atom stereocenters. The number of anilines is 2. The summed E-state index contributed by atoms with van der Waals surface area (Å²) in [7, 11) is -4.07. The molecule has 0 unspecified atom stereocenters. The Bertz CT molecular complexity index is 1050. The van der Waals surface area contributed by atoms with Crippen molar-refractivity contribution in [2.24, 2.45) is 0 Å². The van der Waals surface area contributed by atoms with E-state index in [2.05, 4.69) is 20.2 Å². The number of rotatable bonds is 5. The van der Waals surface area contributed by atoms with Crippen LogP contribution in [0, 0.1) is 5.82 Å². The summed E-state index contributed by atoms with van der Waals surface area (Å²) in [5, 5.41) is 7.82. The van der Waals surface area contributed by atoms with E-state index in [9.17, 15) is 17.6 Å². The van der Waals surface area contributed by atoms with Crippen LogP contribution in [0.25, 0.3) is 0 Å². The number of carbonyl (C=O) groups excluding carboxylic acids is 1. The number of hydrogen-bond donors (Lipinski definition) is 3. The average molecular weight is 395 g/mol. The lowest BCUT2D eigenvalue weighted by atomic mass is 10.3. The van der Waals surface area contributed by atoms with Gasteiger partial charge in [0.25, 0.3) is 15.9 Å². The molecule has 0 fully saturated rings. The minimum Gasteiger partial charge on any atom is -0.322 e. The molecule has 0 saturated carbocycles. The topological polar surface area (TPSA) is 104 Å². The largest absolute Gasteiger partial charge is 0.322 e. The maximum absolute atomic E-state index is 13.2. The molecular weight excluding hydrogens is 383 g/mol. The van der Waals surface area contributed by atoms with Gasteiger partial charge in [-0.05, 0) is 30.3 Å². The van der Waals surface area contributed by atoms with Gasteiger partial charge in [0.15, 0.2) is 5.03 Å². The number of hydrogen-bond acceptors (Lipinski definition) is 4. The second-order valence-corrected chi connectivity index (χ2v) is 7.19. The van der Waals surface area contributed by atoms with Gasteiger partial charge in [-0.15, -0.1) is 0 Å². The van der Waals surface area contributed by atoms with Crippen LogP contribution in [0.5, 0.6) is 0 Å². The van der Waals surface area contributed by atoms with Gasteiger partial charge >= 0.3 is 0 Å². The lowest BCUT2D eigenvalue weighted by molar-refractivity contribution is 0.102. The van der Waals surface area contributed by atoms with Crippen LogP contribution >= 0.6 is 11.6 Å². The first-order chi connectivity index (χ1) is 12.4. The molecule has 0 saturated heterocycles. The van der Waals surface area contributed by atoms with E-state index in [4.69, 9.17) is 11.6 Å². The summed E-state index contributed by atoms with van der Waals surface area (Å²) in [6.45, 7) is 0. The monoisotopic (exact) mass is 394 g/mol. The normalized spacial score (nSPS) is 11.2. The highest BCUT2D eigenvalue weighted by molar-refractivity contribution is 7.92. The zero-order valence-electron chi connectivity index (χ0n) is 13.0. The highest BCUT2D eigenvalue weighted by Gasteiger charge is 2.25. The van der Waals surface area contributed by atoms with Crippen LogP contribution < -0.4 is 10.0 Å². The van der Waals surface area contributed by atoms with Crippen LogP contribution in [0.15, 0.2) is 59.8 Å². The van der Waals surface area contributed by atoms with Crippen LogP contribution in [0.2, 0.25) is 5.02 Å². The highest BCUT2D eigenvalue weighted by Crippen LogP contribution is 2.22. The maximum Gasteiger partial charge on any atom is 0.279 e. The van der Waals surface area contributed by atoms with Crippen LogP contribution in [-0.4, -0.2) is 24.5 Å². The average Bonchev–Trinajstić information content (AvgIpc) is 3.10. The highest BCUT2D eigenvalue weighted by atomic mass is 35.5. The second-order valence-electron chi connectivity index (χ2n) is 5.17. The summed E-state index contributed by atoms with van der Waals surface area (Å²) < 4.78 is 40.5. The Kier molecular flexibility index (Phi) is 4.92.